The molecule has 0 saturated carbocycles. The first-order valence-corrected chi connectivity index (χ1v) is 7.38. The molecule has 1 amide bonds. The largest absolute Gasteiger partial charge is 0.484 e. The number of hydrazone groups is 1. The van der Waals surface area contributed by atoms with Gasteiger partial charge in [-0.15, -0.1) is 0 Å². The van der Waals surface area contributed by atoms with Crippen molar-refractivity contribution in [2.24, 2.45) is 5.10 Å². The standard InChI is InChI=1S/C19H20N2O2/c1-15-7-6-10-18(12-15)23-14-19(22)21-20-13-16(2)11-17-8-4-3-5-9-17/h3-13H,14H2,1-2H3,(H,21,22)/b16-11+,20-13+. The summed E-state index contributed by atoms with van der Waals surface area (Å²) in [5, 5.41) is 3.92. The molecule has 0 heterocycles. The highest BCUT2D eigenvalue weighted by Crippen LogP contribution is 2.11. The number of aryl methyl sites for hydroxylation is 1. The van der Waals surface area contributed by atoms with Gasteiger partial charge in [0.25, 0.3) is 5.91 Å². The molecule has 0 bridgehead atoms. The molecule has 2 aromatic rings. The van der Waals surface area contributed by atoms with Crippen molar-refractivity contribution >= 4 is 18.2 Å². The summed E-state index contributed by atoms with van der Waals surface area (Å²) in [4.78, 5) is 11.7. The maximum atomic E-state index is 11.7. The first-order chi connectivity index (χ1) is 11.1. The Morgan fingerprint density at radius 3 is 2.70 bits per heavy atom. The summed E-state index contributed by atoms with van der Waals surface area (Å²) in [6, 6.07) is 17.5. The molecule has 0 saturated heterocycles. The predicted molar refractivity (Wildman–Crippen MR) is 93.4 cm³/mol. The fourth-order valence-electron chi connectivity index (χ4n) is 1.94. The second-order valence-corrected chi connectivity index (χ2v) is 5.20. The van der Waals surface area contributed by atoms with Gasteiger partial charge in [-0.3, -0.25) is 4.79 Å². The lowest BCUT2D eigenvalue weighted by molar-refractivity contribution is -0.123. The number of rotatable bonds is 6. The summed E-state index contributed by atoms with van der Waals surface area (Å²) in [5.74, 6) is 0.375. The third-order valence-electron chi connectivity index (χ3n) is 3.01. The molecule has 0 unspecified atom stereocenters. The van der Waals surface area contributed by atoms with E-state index in [2.05, 4.69) is 10.5 Å². The van der Waals surface area contributed by atoms with Crippen molar-refractivity contribution in [1.29, 1.82) is 0 Å². The molecule has 1 N–H and O–H groups in total. The predicted octanol–water partition coefficient (Wildman–Crippen LogP) is 3.58. The Labute approximate surface area is 136 Å². The van der Waals surface area contributed by atoms with Gasteiger partial charge in [0.15, 0.2) is 6.61 Å². The van der Waals surface area contributed by atoms with Gasteiger partial charge < -0.3 is 4.74 Å². The second kappa shape index (κ2) is 8.54. The van der Waals surface area contributed by atoms with Crippen LogP contribution in [0.4, 0.5) is 0 Å². The van der Waals surface area contributed by atoms with Crippen molar-refractivity contribution in [3.63, 3.8) is 0 Å². The average Bonchev–Trinajstić information content (AvgIpc) is 2.54. The van der Waals surface area contributed by atoms with Gasteiger partial charge in [-0.05, 0) is 42.7 Å². The Morgan fingerprint density at radius 1 is 1.17 bits per heavy atom. The molecular formula is C19H20N2O2. The number of hydrogen-bond acceptors (Lipinski definition) is 3. The van der Waals surface area contributed by atoms with Crippen LogP contribution < -0.4 is 10.2 Å². The normalized spacial score (nSPS) is 11.5. The molecule has 118 valence electrons. The van der Waals surface area contributed by atoms with Crippen molar-refractivity contribution in [1.82, 2.24) is 5.43 Å². The Balaban J connectivity index is 1.78. The molecule has 4 heteroatoms. The Bertz CT molecular complexity index is 706. The van der Waals surface area contributed by atoms with E-state index >= 15 is 0 Å². The third-order valence-corrected chi connectivity index (χ3v) is 3.01. The summed E-state index contributed by atoms with van der Waals surface area (Å²) < 4.78 is 5.40. The number of amides is 1. The van der Waals surface area contributed by atoms with Gasteiger partial charge >= 0.3 is 0 Å². The van der Waals surface area contributed by atoms with Crippen molar-refractivity contribution in [2.45, 2.75) is 13.8 Å². The van der Waals surface area contributed by atoms with Gasteiger partial charge in [-0.1, -0.05) is 48.5 Å². The summed E-state index contributed by atoms with van der Waals surface area (Å²) in [7, 11) is 0. The quantitative estimate of drug-likeness (QED) is 0.655. The van der Waals surface area contributed by atoms with Crippen LogP contribution in [0.5, 0.6) is 5.75 Å². The fourth-order valence-corrected chi connectivity index (χ4v) is 1.94. The topological polar surface area (TPSA) is 50.7 Å². The zero-order valence-electron chi connectivity index (χ0n) is 13.3. The van der Waals surface area contributed by atoms with E-state index in [1.54, 1.807) is 6.21 Å². The molecule has 2 rings (SSSR count). The van der Waals surface area contributed by atoms with Crippen LogP contribution in [0.25, 0.3) is 6.08 Å². The minimum atomic E-state index is -0.296. The first kappa shape index (κ1) is 16.5. The van der Waals surface area contributed by atoms with E-state index in [0.717, 1.165) is 16.7 Å². The molecular weight excluding hydrogens is 288 g/mol. The van der Waals surface area contributed by atoms with E-state index in [4.69, 9.17) is 4.74 Å². The lowest BCUT2D eigenvalue weighted by Gasteiger charge is -2.05. The minimum absolute atomic E-state index is 0.0672. The van der Waals surface area contributed by atoms with Crippen LogP contribution in [-0.4, -0.2) is 18.7 Å². The number of carbonyl (C=O) groups is 1. The van der Waals surface area contributed by atoms with E-state index in [1.165, 1.54) is 0 Å². The molecule has 0 aliphatic rings. The van der Waals surface area contributed by atoms with Crippen LogP contribution >= 0.6 is 0 Å². The van der Waals surface area contributed by atoms with E-state index in [-0.39, 0.29) is 12.5 Å². The Hall–Kier alpha value is -2.88. The minimum Gasteiger partial charge on any atom is -0.484 e. The van der Waals surface area contributed by atoms with Gasteiger partial charge in [0.2, 0.25) is 0 Å². The van der Waals surface area contributed by atoms with Crippen molar-refractivity contribution in [3.8, 4) is 5.75 Å². The maximum Gasteiger partial charge on any atom is 0.277 e. The first-order valence-electron chi connectivity index (χ1n) is 7.38. The zero-order chi connectivity index (χ0) is 16.5. The van der Waals surface area contributed by atoms with Gasteiger partial charge in [0.1, 0.15) is 5.75 Å². The van der Waals surface area contributed by atoms with E-state index in [9.17, 15) is 4.79 Å². The van der Waals surface area contributed by atoms with E-state index in [0.29, 0.717) is 5.75 Å². The Morgan fingerprint density at radius 2 is 1.96 bits per heavy atom. The third kappa shape index (κ3) is 6.18. The van der Waals surface area contributed by atoms with E-state index < -0.39 is 0 Å². The molecule has 0 aliphatic heterocycles. The molecule has 0 atom stereocenters. The highest BCUT2D eigenvalue weighted by molar-refractivity contribution is 5.86. The molecule has 0 fully saturated rings. The molecule has 0 aliphatic carbocycles. The summed E-state index contributed by atoms with van der Waals surface area (Å²) in [6.45, 7) is 3.83. The molecule has 4 nitrogen and oxygen atoms in total. The number of benzene rings is 2. The number of ether oxygens (including phenoxy) is 1. The number of allylic oxidation sites excluding steroid dienone is 1. The van der Waals surface area contributed by atoms with Crippen LogP contribution in [-0.2, 0) is 4.79 Å². The molecule has 0 radical (unpaired) electrons. The SMILES string of the molecule is CC(/C=N/NC(=O)COc1cccc(C)c1)=C\c1ccccc1. The highest BCUT2D eigenvalue weighted by atomic mass is 16.5. The lowest BCUT2D eigenvalue weighted by atomic mass is 10.1. The molecule has 0 aromatic heterocycles. The van der Waals surface area contributed by atoms with Gasteiger partial charge in [0.05, 0.1) is 6.21 Å². The van der Waals surface area contributed by atoms with E-state index in [1.807, 2.05) is 74.5 Å². The van der Waals surface area contributed by atoms with Crippen molar-refractivity contribution < 1.29 is 9.53 Å². The number of nitrogens with one attached hydrogen (secondary N) is 1. The molecule has 2 aromatic carbocycles. The van der Waals surface area contributed by atoms with Crippen LogP contribution in [0.1, 0.15) is 18.1 Å². The maximum absolute atomic E-state index is 11.7. The summed E-state index contributed by atoms with van der Waals surface area (Å²) in [5.41, 5.74) is 5.56. The lowest BCUT2D eigenvalue weighted by Crippen LogP contribution is -2.24. The number of hydrogen-bond donors (Lipinski definition) is 1. The van der Waals surface area contributed by atoms with Gasteiger partial charge in [0, 0.05) is 0 Å². The Kier molecular flexibility index (Phi) is 6.12. The van der Waals surface area contributed by atoms with Gasteiger partial charge in [-0.25, -0.2) is 5.43 Å². The number of carbonyl (C=O) groups excluding carboxylic acids is 1. The second-order valence-electron chi connectivity index (χ2n) is 5.20. The van der Waals surface area contributed by atoms with Crippen LogP contribution in [0.2, 0.25) is 0 Å². The summed E-state index contributed by atoms with van der Waals surface area (Å²) >= 11 is 0. The zero-order valence-corrected chi connectivity index (χ0v) is 13.3. The smallest absolute Gasteiger partial charge is 0.277 e. The van der Waals surface area contributed by atoms with Crippen LogP contribution in [0.3, 0.4) is 0 Å². The molecule has 23 heavy (non-hydrogen) atoms. The van der Waals surface area contributed by atoms with Crippen molar-refractivity contribution in [3.05, 3.63) is 71.3 Å². The van der Waals surface area contributed by atoms with Crippen molar-refractivity contribution in [2.75, 3.05) is 6.61 Å². The monoisotopic (exact) mass is 308 g/mol. The highest BCUT2D eigenvalue weighted by Gasteiger charge is 2.01. The van der Waals surface area contributed by atoms with Crippen LogP contribution in [0.15, 0.2) is 65.3 Å². The molecule has 0 spiro atoms. The van der Waals surface area contributed by atoms with Gasteiger partial charge in [-0.2, -0.15) is 5.10 Å². The summed E-state index contributed by atoms with van der Waals surface area (Å²) in [6.07, 6.45) is 3.59. The fraction of sp³-hybridized carbons (Fsp3) is 0.158. The van der Waals surface area contributed by atoms with Crippen LogP contribution in [0, 0.1) is 6.92 Å². The number of nitrogens with zero attached hydrogens (tertiary/aromatic N) is 1. The average molecular weight is 308 g/mol.